The van der Waals surface area contributed by atoms with Crippen LogP contribution in [0.3, 0.4) is 0 Å². The molecule has 2 aromatic rings. The van der Waals surface area contributed by atoms with Crippen LogP contribution in [-0.4, -0.2) is 27.0 Å². The van der Waals surface area contributed by atoms with Gasteiger partial charge in [-0.05, 0) is 38.5 Å². The van der Waals surface area contributed by atoms with Crippen molar-refractivity contribution in [1.29, 1.82) is 0 Å². The first-order valence-electron chi connectivity index (χ1n) is 7.35. The van der Waals surface area contributed by atoms with E-state index in [2.05, 4.69) is 10.1 Å². The molecule has 122 valence electrons. The van der Waals surface area contributed by atoms with E-state index in [1.165, 1.54) is 18.9 Å². The Morgan fingerprint density at radius 1 is 1.43 bits per heavy atom. The lowest BCUT2D eigenvalue weighted by Gasteiger charge is -2.22. The number of hydrogen-bond donors (Lipinski definition) is 2. The quantitative estimate of drug-likeness (QED) is 0.902. The highest BCUT2D eigenvalue weighted by Crippen LogP contribution is 2.45. The Balaban J connectivity index is 2.17. The molecule has 0 unspecified atom stereocenters. The smallest absolute Gasteiger partial charge is 0.271 e. The Bertz CT molecular complexity index is 836. The Morgan fingerprint density at radius 3 is 2.83 bits per heavy atom. The fourth-order valence-electron chi connectivity index (χ4n) is 2.67. The number of aromatic amines is 1. The predicted molar refractivity (Wildman–Crippen MR) is 92.3 cm³/mol. The van der Waals surface area contributed by atoms with Gasteiger partial charge in [0.1, 0.15) is 0 Å². The largest absolute Gasteiger partial charge is 0.504 e. The summed E-state index contributed by atoms with van der Waals surface area (Å²) in [6.07, 6.45) is 0. The van der Waals surface area contributed by atoms with Gasteiger partial charge in [-0.1, -0.05) is 17.8 Å². The predicted octanol–water partition coefficient (Wildman–Crippen LogP) is 3.36. The summed E-state index contributed by atoms with van der Waals surface area (Å²) in [7, 11) is 1.51. The summed E-state index contributed by atoms with van der Waals surface area (Å²) in [4.78, 5) is 17.0. The molecule has 6 nitrogen and oxygen atoms in total. The molecule has 1 atom stereocenters. The van der Waals surface area contributed by atoms with Gasteiger partial charge in [-0.2, -0.15) is 0 Å². The van der Waals surface area contributed by atoms with Gasteiger partial charge in [0.05, 0.1) is 23.0 Å². The van der Waals surface area contributed by atoms with Gasteiger partial charge in [0.25, 0.3) is 5.56 Å². The van der Waals surface area contributed by atoms with E-state index in [0.717, 1.165) is 10.6 Å². The monoisotopic (exact) mass is 333 g/mol. The zero-order valence-corrected chi connectivity index (χ0v) is 14.3. The number of thioether (sulfide) groups is 1. The Hall–Kier alpha value is -2.15. The first-order valence-corrected chi connectivity index (χ1v) is 8.23. The van der Waals surface area contributed by atoms with E-state index in [1.54, 1.807) is 16.8 Å². The second-order valence-corrected chi connectivity index (χ2v) is 7.00. The molecule has 0 radical (unpaired) electrons. The highest BCUT2D eigenvalue weighted by Gasteiger charge is 2.31. The van der Waals surface area contributed by atoms with E-state index in [0.29, 0.717) is 17.1 Å². The van der Waals surface area contributed by atoms with Crippen LogP contribution in [0.5, 0.6) is 11.5 Å². The van der Waals surface area contributed by atoms with E-state index in [-0.39, 0.29) is 22.6 Å². The zero-order valence-electron chi connectivity index (χ0n) is 13.5. The first kappa shape index (κ1) is 15.7. The van der Waals surface area contributed by atoms with Crippen LogP contribution < -0.4 is 10.3 Å². The Labute approximate surface area is 138 Å². The number of H-pyrrole nitrogens is 1. The molecular formula is C16H19N3O3S. The second-order valence-electron chi connectivity index (χ2n) is 5.70. The second kappa shape index (κ2) is 5.81. The third-order valence-corrected chi connectivity index (χ3v) is 4.95. The highest BCUT2D eigenvalue weighted by atomic mass is 32.2. The van der Waals surface area contributed by atoms with E-state index in [1.807, 2.05) is 26.8 Å². The number of aromatic nitrogens is 2. The number of methoxy groups -OCH3 is 1. The fourth-order valence-corrected chi connectivity index (χ4v) is 3.77. The number of phenolic OH excluding ortho intramolecular Hbond substituents is 1. The van der Waals surface area contributed by atoms with Crippen molar-refractivity contribution in [2.24, 2.45) is 4.99 Å². The number of phenols is 1. The number of aromatic hydroxyl groups is 1. The van der Waals surface area contributed by atoms with E-state index < -0.39 is 0 Å². The highest BCUT2D eigenvalue weighted by molar-refractivity contribution is 8.14. The van der Waals surface area contributed by atoms with Gasteiger partial charge >= 0.3 is 0 Å². The van der Waals surface area contributed by atoms with Crippen LogP contribution in [-0.2, 0) is 0 Å². The lowest BCUT2D eigenvalue weighted by Crippen LogP contribution is -2.13. The van der Waals surface area contributed by atoms with E-state index >= 15 is 0 Å². The van der Waals surface area contributed by atoms with Crippen molar-refractivity contribution in [3.8, 4) is 11.5 Å². The summed E-state index contributed by atoms with van der Waals surface area (Å²) < 4.78 is 6.98. The van der Waals surface area contributed by atoms with Crippen molar-refractivity contribution in [2.45, 2.75) is 32.1 Å². The van der Waals surface area contributed by atoms with Crippen molar-refractivity contribution in [3.05, 3.63) is 39.7 Å². The maximum atomic E-state index is 12.5. The molecule has 1 aromatic carbocycles. The summed E-state index contributed by atoms with van der Waals surface area (Å²) in [5.74, 6) is 1.15. The van der Waals surface area contributed by atoms with Crippen LogP contribution in [0.25, 0.3) is 0 Å². The van der Waals surface area contributed by atoms with Crippen LogP contribution in [0.2, 0.25) is 0 Å². The summed E-state index contributed by atoms with van der Waals surface area (Å²) in [6, 6.07) is 5.27. The third-order valence-electron chi connectivity index (χ3n) is 3.77. The normalized spacial score (nSPS) is 17.1. The molecule has 0 aliphatic carbocycles. The maximum Gasteiger partial charge on any atom is 0.271 e. The number of nitrogens with zero attached hydrogens (tertiary/aromatic N) is 2. The van der Waals surface area contributed by atoms with Gasteiger partial charge < -0.3 is 9.84 Å². The molecule has 0 bridgehead atoms. The lowest BCUT2D eigenvalue weighted by molar-refractivity contribution is 0.373. The Morgan fingerprint density at radius 2 is 2.17 bits per heavy atom. The number of rotatable bonds is 3. The molecule has 1 aliphatic heterocycles. The molecule has 0 fully saturated rings. The van der Waals surface area contributed by atoms with Crippen LogP contribution in [0.1, 0.15) is 43.2 Å². The molecule has 0 saturated heterocycles. The van der Waals surface area contributed by atoms with Crippen LogP contribution in [0, 0.1) is 0 Å². The van der Waals surface area contributed by atoms with Crippen molar-refractivity contribution in [3.63, 3.8) is 0 Å². The number of nitrogens with one attached hydrogen (secondary N) is 1. The van der Waals surface area contributed by atoms with E-state index in [9.17, 15) is 9.90 Å². The van der Waals surface area contributed by atoms with Gasteiger partial charge in [0.2, 0.25) is 0 Å². The average Bonchev–Trinajstić information content (AvgIpc) is 2.84. The van der Waals surface area contributed by atoms with Crippen molar-refractivity contribution in [2.75, 3.05) is 7.11 Å². The molecule has 1 aliphatic rings. The molecule has 0 spiro atoms. The molecule has 7 heteroatoms. The fraction of sp³-hybridized carbons (Fsp3) is 0.375. The van der Waals surface area contributed by atoms with Gasteiger partial charge in [-0.3, -0.25) is 14.6 Å². The number of benzene rings is 1. The van der Waals surface area contributed by atoms with Crippen molar-refractivity contribution < 1.29 is 9.84 Å². The van der Waals surface area contributed by atoms with Crippen LogP contribution >= 0.6 is 11.8 Å². The SMILES string of the molecule is COc1cc([C@@H]2SC(C)=Nc3c2c(=O)[nH]n3C(C)C)ccc1O. The standard InChI is InChI=1S/C16H19N3O3S/c1-8(2)19-15-13(16(21)18-19)14(23-9(3)17-15)10-5-6-11(20)12(7-10)22-4/h5-8,14,20H,1-4H3,(H,18,21)/t14-/m0/s1. The molecule has 2 N–H and O–H groups in total. The average molecular weight is 333 g/mol. The zero-order chi connectivity index (χ0) is 16.7. The number of fused-ring (bicyclic) bond motifs is 1. The number of aliphatic imine (C=N–C) groups is 1. The molecule has 23 heavy (non-hydrogen) atoms. The summed E-state index contributed by atoms with van der Waals surface area (Å²) in [6.45, 7) is 5.93. The molecule has 1 aromatic heterocycles. The van der Waals surface area contributed by atoms with Gasteiger partial charge in [-0.25, -0.2) is 4.99 Å². The van der Waals surface area contributed by atoms with Crippen LogP contribution in [0.15, 0.2) is 28.0 Å². The van der Waals surface area contributed by atoms with Crippen LogP contribution in [0.4, 0.5) is 5.82 Å². The van der Waals surface area contributed by atoms with E-state index in [4.69, 9.17) is 4.74 Å². The molecule has 2 heterocycles. The number of ether oxygens (including phenoxy) is 1. The minimum absolute atomic E-state index is 0.0799. The van der Waals surface area contributed by atoms with Crippen molar-refractivity contribution in [1.82, 2.24) is 9.78 Å². The maximum absolute atomic E-state index is 12.5. The summed E-state index contributed by atoms with van der Waals surface area (Å²) >= 11 is 1.53. The molecule has 3 rings (SSSR count). The van der Waals surface area contributed by atoms with Gasteiger partial charge in [0.15, 0.2) is 17.3 Å². The van der Waals surface area contributed by atoms with Gasteiger partial charge in [0, 0.05) is 6.04 Å². The molecule has 0 saturated carbocycles. The third kappa shape index (κ3) is 2.65. The molecular weight excluding hydrogens is 314 g/mol. The summed E-state index contributed by atoms with van der Waals surface area (Å²) in [5, 5.41) is 13.4. The minimum atomic E-state index is -0.180. The topological polar surface area (TPSA) is 79.6 Å². The summed E-state index contributed by atoms with van der Waals surface area (Å²) in [5.41, 5.74) is 1.41. The molecule has 0 amide bonds. The minimum Gasteiger partial charge on any atom is -0.504 e. The first-order chi connectivity index (χ1) is 10.9. The number of hydrogen-bond acceptors (Lipinski definition) is 5. The van der Waals surface area contributed by atoms with Crippen molar-refractivity contribution >= 4 is 22.6 Å². The van der Waals surface area contributed by atoms with Gasteiger partial charge in [-0.15, -0.1) is 0 Å². The Kier molecular flexibility index (Phi) is 3.97. The lowest BCUT2D eigenvalue weighted by atomic mass is 10.1.